The lowest BCUT2D eigenvalue weighted by molar-refractivity contribution is 0.0574. The number of aliphatic imine (C=N–C) groups is 1. The predicted molar refractivity (Wildman–Crippen MR) is 115 cm³/mol. The van der Waals surface area contributed by atoms with E-state index in [0.29, 0.717) is 6.54 Å². The molecular weight excluding hydrogens is 443 g/mol. The number of hydrogen-bond donors (Lipinski definition) is 3. The van der Waals surface area contributed by atoms with Crippen LogP contribution in [0.3, 0.4) is 0 Å². The molecule has 1 saturated carbocycles. The monoisotopic (exact) mass is 476 g/mol. The van der Waals surface area contributed by atoms with Gasteiger partial charge in [-0.25, -0.2) is 0 Å². The Labute approximate surface area is 173 Å². The van der Waals surface area contributed by atoms with Crippen molar-refractivity contribution in [2.24, 2.45) is 4.99 Å². The Morgan fingerprint density at radius 2 is 2.00 bits per heavy atom. The molecule has 0 amide bonds. The molecule has 7 heteroatoms. The second-order valence-corrected chi connectivity index (χ2v) is 7.28. The lowest BCUT2D eigenvalue weighted by Crippen LogP contribution is -2.43. The van der Waals surface area contributed by atoms with Gasteiger partial charge < -0.3 is 20.2 Å². The summed E-state index contributed by atoms with van der Waals surface area (Å²) in [7, 11) is 0. The molecule has 1 atom stereocenters. The Balaban J connectivity index is 0.00000243. The Kier molecular flexibility index (Phi) is 8.69. The van der Waals surface area contributed by atoms with Crippen molar-refractivity contribution in [2.75, 3.05) is 32.7 Å². The molecule has 3 rings (SSSR count). The maximum absolute atomic E-state index is 10.5. The molecule has 1 saturated heterocycles. The smallest absolute Gasteiger partial charge is 0.191 e. The molecule has 26 heavy (non-hydrogen) atoms. The fourth-order valence-electron chi connectivity index (χ4n) is 3.90. The Hall–Kier alpha value is -0.800. The van der Waals surface area contributed by atoms with E-state index in [1.165, 1.54) is 12.8 Å². The second kappa shape index (κ2) is 10.5. The molecule has 0 radical (unpaired) electrons. The van der Waals surface area contributed by atoms with E-state index < -0.39 is 5.60 Å². The van der Waals surface area contributed by atoms with Crippen molar-refractivity contribution in [1.82, 2.24) is 15.5 Å². The van der Waals surface area contributed by atoms with Gasteiger partial charge in [-0.2, -0.15) is 0 Å². The van der Waals surface area contributed by atoms with Crippen LogP contribution in [0, 0.1) is 0 Å². The van der Waals surface area contributed by atoms with Crippen LogP contribution in [0.1, 0.15) is 57.3 Å². The van der Waals surface area contributed by atoms with Crippen LogP contribution in [0.5, 0.6) is 0 Å². The second-order valence-electron chi connectivity index (χ2n) is 7.28. The average Bonchev–Trinajstić information content (AvgIpc) is 3.36. The van der Waals surface area contributed by atoms with Crippen LogP contribution in [0.4, 0.5) is 0 Å². The number of nitrogens with zero attached hydrogens (tertiary/aromatic N) is 2. The summed E-state index contributed by atoms with van der Waals surface area (Å²) in [5.41, 5.74) is -0.613. The number of likely N-dealkylation sites (tertiary alicyclic amines) is 1. The van der Waals surface area contributed by atoms with E-state index in [-0.39, 0.29) is 30.0 Å². The topological polar surface area (TPSA) is 73.0 Å². The summed E-state index contributed by atoms with van der Waals surface area (Å²) in [5.74, 6) is 1.78. The van der Waals surface area contributed by atoms with Crippen LogP contribution >= 0.6 is 24.0 Å². The molecule has 1 aromatic heterocycles. The minimum Gasteiger partial charge on any atom is -0.468 e. The number of nitrogens with one attached hydrogen (secondary N) is 2. The van der Waals surface area contributed by atoms with Crippen LogP contribution < -0.4 is 10.6 Å². The van der Waals surface area contributed by atoms with E-state index in [9.17, 15) is 5.11 Å². The Morgan fingerprint density at radius 3 is 2.62 bits per heavy atom. The number of furan rings is 1. The van der Waals surface area contributed by atoms with E-state index in [1.54, 1.807) is 6.26 Å². The Bertz CT molecular complexity index is 538. The maximum Gasteiger partial charge on any atom is 0.191 e. The third-order valence-corrected chi connectivity index (χ3v) is 5.33. The van der Waals surface area contributed by atoms with Crippen molar-refractivity contribution in [3.63, 3.8) is 0 Å². The lowest BCUT2D eigenvalue weighted by atomic mass is 10.0. The quantitative estimate of drug-likeness (QED) is 0.321. The van der Waals surface area contributed by atoms with Gasteiger partial charge in [-0.3, -0.25) is 9.89 Å². The molecule has 6 nitrogen and oxygen atoms in total. The summed E-state index contributed by atoms with van der Waals surface area (Å²) >= 11 is 0. The largest absolute Gasteiger partial charge is 0.468 e. The highest BCUT2D eigenvalue weighted by Gasteiger charge is 2.31. The normalized spacial score (nSPS) is 21.4. The molecule has 0 bridgehead atoms. The van der Waals surface area contributed by atoms with Gasteiger partial charge in [-0.1, -0.05) is 12.8 Å². The van der Waals surface area contributed by atoms with Crippen molar-refractivity contribution >= 4 is 29.9 Å². The number of halogens is 1. The van der Waals surface area contributed by atoms with Gasteiger partial charge in [0.25, 0.3) is 0 Å². The minimum atomic E-state index is -0.613. The molecule has 1 aromatic rings. The van der Waals surface area contributed by atoms with Crippen molar-refractivity contribution in [3.8, 4) is 0 Å². The number of rotatable bonds is 7. The van der Waals surface area contributed by atoms with E-state index in [4.69, 9.17) is 4.42 Å². The van der Waals surface area contributed by atoms with E-state index in [0.717, 1.165) is 63.6 Å². The van der Waals surface area contributed by atoms with Crippen molar-refractivity contribution in [2.45, 2.75) is 57.1 Å². The number of aliphatic hydroxyl groups is 1. The van der Waals surface area contributed by atoms with Gasteiger partial charge in [0.05, 0.1) is 24.5 Å². The highest BCUT2D eigenvalue weighted by molar-refractivity contribution is 14.0. The SMILES string of the molecule is CCNC(=NCC1(O)CCCC1)NCC(c1ccco1)N1CCCC1.I. The van der Waals surface area contributed by atoms with Crippen LogP contribution in [-0.2, 0) is 0 Å². The first-order valence-electron chi connectivity index (χ1n) is 9.72. The zero-order valence-electron chi connectivity index (χ0n) is 15.7. The van der Waals surface area contributed by atoms with E-state index >= 15 is 0 Å². The molecule has 2 aliphatic rings. The molecule has 3 N–H and O–H groups in total. The molecule has 1 aliphatic heterocycles. The minimum absolute atomic E-state index is 0. The van der Waals surface area contributed by atoms with Gasteiger partial charge in [0.15, 0.2) is 5.96 Å². The summed E-state index contributed by atoms with van der Waals surface area (Å²) in [5, 5.41) is 17.3. The molecule has 2 heterocycles. The van der Waals surface area contributed by atoms with Gasteiger partial charge in [0, 0.05) is 13.1 Å². The molecular formula is C19H33IN4O2. The van der Waals surface area contributed by atoms with Crippen molar-refractivity contribution in [1.29, 1.82) is 0 Å². The van der Waals surface area contributed by atoms with Gasteiger partial charge >= 0.3 is 0 Å². The first kappa shape index (κ1) is 21.5. The number of hydrogen-bond acceptors (Lipinski definition) is 4. The molecule has 0 spiro atoms. The molecule has 2 fully saturated rings. The van der Waals surface area contributed by atoms with E-state index in [1.807, 2.05) is 6.07 Å². The van der Waals surface area contributed by atoms with Crippen molar-refractivity contribution < 1.29 is 9.52 Å². The highest BCUT2D eigenvalue weighted by Crippen LogP contribution is 2.29. The first-order valence-corrected chi connectivity index (χ1v) is 9.72. The summed E-state index contributed by atoms with van der Waals surface area (Å²) in [6.45, 7) is 6.31. The average molecular weight is 476 g/mol. The molecule has 0 aromatic carbocycles. The van der Waals surface area contributed by atoms with Gasteiger partial charge in [-0.05, 0) is 57.8 Å². The molecule has 1 aliphatic carbocycles. The van der Waals surface area contributed by atoms with Gasteiger partial charge in [0.2, 0.25) is 0 Å². The fraction of sp³-hybridized carbons (Fsp3) is 0.737. The van der Waals surface area contributed by atoms with Gasteiger partial charge in [-0.15, -0.1) is 24.0 Å². The number of guanidine groups is 1. The lowest BCUT2D eigenvalue weighted by Gasteiger charge is -2.27. The Morgan fingerprint density at radius 1 is 1.27 bits per heavy atom. The summed E-state index contributed by atoms with van der Waals surface area (Å²) in [6.07, 6.45) is 8.17. The zero-order chi connectivity index (χ0) is 17.5. The maximum atomic E-state index is 10.5. The predicted octanol–water partition coefficient (Wildman–Crippen LogP) is 2.89. The first-order chi connectivity index (χ1) is 12.2. The fourth-order valence-corrected chi connectivity index (χ4v) is 3.90. The van der Waals surface area contributed by atoms with Crippen LogP contribution in [0.2, 0.25) is 0 Å². The summed E-state index contributed by atoms with van der Waals surface area (Å²) < 4.78 is 5.68. The third kappa shape index (κ3) is 5.85. The molecule has 1 unspecified atom stereocenters. The third-order valence-electron chi connectivity index (χ3n) is 5.33. The van der Waals surface area contributed by atoms with Crippen LogP contribution in [0.15, 0.2) is 27.8 Å². The van der Waals surface area contributed by atoms with Crippen LogP contribution in [-0.4, -0.2) is 54.3 Å². The molecule has 148 valence electrons. The summed E-state index contributed by atoms with van der Waals surface area (Å²) in [4.78, 5) is 7.11. The zero-order valence-corrected chi connectivity index (χ0v) is 18.1. The van der Waals surface area contributed by atoms with Crippen LogP contribution in [0.25, 0.3) is 0 Å². The standard InChI is InChI=1S/C19H32N4O2.HI/c1-2-20-18(22-15-19(24)9-3-4-10-19)21-14-16(17-8-7-13-25-17)23-11-5-6-12-23;/h7-8,13,16,24H,2-6,9-12,14-15H2,1H3,(H2,20,21,22);1H. The van der Waals surface area contributed by atoms with Crippen molar-refractivity contribution in [3.05, 3.63) is 24.2 Å². The van der Waals surface area contributed by atoms with Gasteiger partial charge in [0.1, 0.15) is 5.76 Å². The summed E-state index contributed by atoms with van der Waals surface area (Å²) in [6, 6.07) is 4.22. The van der Waals surface area contributed by atoms with E-state index in [2.05, 4.69) is 33.5 Å². The highest BCUT2D eigenvalue weighted by atomic mass is 127.